The molecule has 2 N–H and O–H groups in total. The number of carbonyl (C=O) groups excluding carboxylic acids is 2. The molecule has 0 saturated carbocycles. The number of hydrogen-bond acceptors (Lipinski definition) is 4. The summed E-state index contributed by atoms with van der Waals surface area (Å²) in [7, 11) is 0. The van der Waals surface area contributed by atoms with Crippen LogP contribution in [-0.2, 0) is 9.59 Å². The van der Waals surface area contributed by atoms with Crippen molar-refractivity contribution in [2.45, 2.75) is 13.0 Å². The standard InChI is InChI=1S/C25H17BrFN3O3/c1-13-12-14(10-11-16(13)26)22(31)20-21(15-6-2-3-7-17(15)27)30(24(33)23(20)32)25-28-18-8-4-5-9-19(18)29-25/h2-12,21,31H,1H3,(H,28,29)/b22-20+. The Labute approximate surface area is 196 Å². The number of Topliss-reactive ketones (excluding diaryl/α,β-unsaturated/α-hetero) is 1. The molecule has 1 aliphatic rings. The first kappa shape index (κ1) is 21.1. The average molecular weight is 506 g/mol. The lowest BCUT2D eigenvalue weighted by molar-refractivity contribution is -0.132. The Morgan fingerprint density at radius 2 is 1.82 bits per heavy atom. The van der Waals surface area contributed by atoms with Crippen LogP contribution >= 0.6 is 15.9 Å². The van der Waals surface area contributed by atoms with E-state index in [1.165, 1.54) is 18.2 Å². The highest BCUT2D eigenvalue weighted by Gasteiger charge is 2.49. The molecular weight excluding hydrogens is 489 g/mol. The van der Waals surface area contributed by atoms with Crippen molar-refractivity contribution in [3.63, 3.8) is 0 Å². The lowest BCUT2D eigenvalue weighted by atomic mass is 9.94. The van der Waals surface area contributed by atoms with Gasteiger partial charge in [-0.05, 0) is 42.8 Å². The highest BCUT2D eigenvalue weighted by Crippen LogP contribution is 2.42. The van der Waals surface area contributed by atoms with Gasteiger partial charge in [0.05, 0.1) is 16.6 Å². The highest BCUT2D eigenvalue weighted by atomic mass is 79.9. The molecule has 4 aromatic rings. The summed E-state index contributed by atoms with van der Waals surface area (Å²) >= 11 is 3.41. The Bertz CT molecular complexity index is 1440. The molecule has 0 aliphatic carbocycles. The maximum Gasteiger partial charge on any atom is 0.302 e. The molecule has 0 bridgehead atoms. The minimum absolute atomic E-state index is 0.0764. The number of imidazole rings is 1. The van der Waals surface area contributed by atoms with E-state index in [1.807, 2.05) is 13.0 Å². The van der Waals surface area contributed by atoms with Crippen LogP contribution in [0.3, 0.4) is 0 Å². The van der Waals surface area contributed by atoms with Crippen LogP contribution in [0.4, 0.5) is 10.3 Å². The number of nitrogens with one attached hydrogen (secondary N) is 1. The van der Waals surface area contributed by atoms with Gasteiger partial charge in [0.2, 0.25) is 5.95 Å². The number of aliphatic hydroxyl groups excluding tert-OH is 1. The van der Waals surface area contributed by atoms with E-state index in [1.54, 1.807) is 42.5 Å². The first-order chi connectivity index (χ1) is 15.9. The molecule has 3 aromatic carbocycles. The molecule has 1 saturated heterocycles. The Morgan fingerprint density at radius 1 is 1.09 bits per heavy atom. The van der Waals surface area contributed by atoms with Gasteiger partial charge < -0.3 is 10.1 Å². The van der Waals surface area contributed by atoms with Gasteiger partial charge in [-0.1, -0.05) is 52.3 Å². The molecule has 1 atom stereocenters. The predicted octanol–water partition coefficient (Wildman–Crippen LogP) is 5.40. The molecule has 1 fully saturated rings. The fourth-order valence-electron chi connectivity index (χ4n) is 4.04. The lowest BCUT2D eigenvalue weighted by Gasteiger charge is -2.23. The summed E-state index contributed by atoms with van der Waals surface area (Å²) in [6, 6.07) is 16.9. The van der Waals surface area contributed by atoms with Crippen molar-refractivity contribution in [2.24, 2.45) is 0 Å². The zero-order chi connectivity index (χ0) is 23.3. The molecule has 0 radical (unpaired) electrons. The Hall–Kier alpha value is -3.78. The molecule has 164 valence electrons. The number of aryl methyl sites for hydroxylation is 1. The predicted molar refractivity (Wildman–Crippen MR) is 126 cm³/mol. The third-order valence-corrected chi connectivity index (χ3v) is 6.57. The van der Waals surface area contributed by atoms with Gasteiger partial charge in [0.1, 0.15) is 17.6 Å². The monoisotopic (exact) mass is 505 g/mol. The third-order valence-electron chi connectivity index (χ3n) is 5.68. The molecule has 1 aliphatic heterocycles. The first-order valence-electron chi connectivity index (χ1n) is 10.1. The van der Waals surface area contributed by atoms with Gasteiger partial charge in [0.15, 0.2) is 0 Å². The average Bonchev–Trinajstić information content (AvgIpc) is 3.34. The van der Waals surface area contributed by atoms with Gasteiger partial charge in [-0.15, -0.1) is 0 Å². The number of nitrogens with zero attached hydrogens (tertiary/aromatic N) is 2. The van der Waals surface area contributed by atoms with Crippen LogP contribution in [0.25, 0.3) is 16.8 Å². The van der Waals surface area contributed by atoms with Crippen molar-refractivity contribution < 1.29 is 19.1 Å². The number of aromatic amines is 1. The Balaban J connectivity index is 1.76. The molecule has 8 heteroatoms. The van der Waals surface area contributed by atoms with Crippen LogP contribution in [0.1, 0.15) is 22.7 Å². The second-order valence-electron chi connectivity index (χ2n) is 7.73. The molecule has 2 heterocycles. The largest absolute Gasteiger partial charge is 0.507 e. The quantitative estimate of drug-likeness (QED) is 0.221. The minimum Gasteiger partial charge on any atom is -0.507 e. The van der Waals surface area contributed by atoms with Crippen LogP contribution in [0.15, 0.2) is 76.8 Å². The Morgan fingerprint density at radius 3 is 2.55 bits per heavy atom. The first-order valence-corrected chi connectivity index (χ1v) is 10.9. The van der Waals surface area contributed by atoms with Crippen LogP contribution < -0.4 is 4.90 Å². The SMILES string of the molecule is Cc1cc(/C(O)=C2\C(=O)C(=O)N(c3nc4ccccc4[nH]3)C2c2ccccc2F)ccc1Br. The molecule has 1 amide bonds. The van der Waals surface area contributed by atoms with E-state index < -0.39 is 23.5 Å². The maximum absolute atomic E-state index is 15.0. The molecule has 33 heavy (non-hydrogen) atoms. The van der Waals surface area contributed by atoms with E-state index in [0.29, 0.717) is 16.6 Å². The van der Waals surface area contributed by atoms with Gasteiger partial charge in [-0.25, -0.2) is 9.37 Å². The van der Waals surface area contributed by atoms with Crippen molar-refractivity contribution in [1.82, 2.24) is 9.97 Å². The number of ketones is 1. The maximum atomic E-state index is 15.0. The summed E-state index contributed by atoms with van der Waals surface area (Å²) in [5, 5.41) is 11.2. The zero-order valence-electron chi connectivity index (χ0n) is 17.3. The smallest absolute Gasteiger partial charge is 0.302 e. The Kier molecular flexibility index (Phi) is 5.09. The zero-order valence-corrected chi connectivity index (χ0v) is 18.9. The summed E-state index contributed by atoms with van der Waals surface area (Å²) in [6.07, 6.45) is 0. The number of aromatic nitrogens is 2. The van der Waals surface area contributed by atoms with E-state index in [4.69, 9.17) is 0 Å². The summed E-state index contributed by atoms with van der Waals surface area (Å²) < 4.78 is 15.8. The van der Waals surface area contributed by atoms with Gasteiger partial charge in [0.25, 0.3) is 5.78 Å². The van der Waals surface area contributed by atoms with Crippen LogP contribution in [0.2, 0.25) is 0 Å². The van der Waals surface area contributed by atoms with Crippen molar-refractivity contribution >= 4 is 50.4 Å². The number of carbonyl (C=O) groups is 2. The van der Waals surface area contributed by atoms with E-state index in [-0.39, 0.29) is 22.8 Å². The number of aliphatic hydroxyl groups is 1. The molecule has 1 unspecified atom stereocenters. The summed E-state index contributed by atoms with van der Waals surface area (Å²) in [5.41, 5.74) is 2.29. The van der Waals surface area contributed by atoms with E-state index in [0.717, 1.165) is 14.9 Å². The van der Waals surface area contributed by atoms with Crippen LogP contribution in [-0.4, -0.2) is 26.8 Å². The summed E-state index contributed by atoms with van der Waals surface area (Å²) in [5.74, 6) is -2.71. The molecule has 1 aromatic heterocycles. The second-order valence-corrected chi connectivity index (χ2v) is 8.59. The van der Waals surface area contributed by atoms with Crippen molar-refractivity contribution in [3.05, 3.63) is 99.3 Å². The topological polar surface area (TPSA) is 86.3 Å². The van der Waals surface area contributed by atoms with Crippen molar-refractivity contribution in [2.75, 3.05) is 4.90 Å². The number of hydrogen-bond donors (Lipinski definition) is 2. The van der Waals surface area contributed by atoms with Gasteiger partial charge >= 0.3 is 5.91 Å². The van der Waals surface area contributed by atoms with Crippen molar-refractivity contribution in [3.8, 4) is 0 Å². The van der Waals surface area contributed by atoms with E-state index in [2.05, 4.69) is 25.9 Å². The van der Waals surface area contributed by atoms with E-state index >= 15 is 0 Å². The van der Waals surface area contributed by atoms with Gasteiger partial charge in [0, 0.05) is 15.6 Å². The minimum atomic E-state index is -1.20. The number of amides is 1. The number of fused-ring (bicyclic) bond motifs is 1. The fraction of sp³-hybridized carbons (Fsp3) is 0.0800. The number of rotatable bonds is 3. The third kappa shape index (κ3) is 3.43. The van der Waals surface area contributed by atoms with Crippen LogP contribution in [0, 0.1) is 12.7 Å². The number of para-hydroxylation sites is 2. The fourth-order valence-corrected chi connectivity index (χ4v) is 4.29. The summed E-state index contributed by atoms with van der Waals surface area (Å²) in [4.78, 5) is 35.0. The number of benzene rings is 3. The van der Waals surface area contributed by atoms with Gasteiger partial charge in [-0.2, -0.15) is 0 Å². The highest BCUT2D eigenvalue weighted by molar-refractivity contribution is 9.10. The normalized spacial score (nSPS) is 17.8. The van der Waals surface area contributed by atoms with Crippen molar-refractivity contribution in [1.29, 1.82) is 0 Å². The lowest BCUT2D eigenvalue weighted by Crippen LogP contribution is -2.30. The van der Waals surface area contributed by atoms with E-state index in [9.17, 15) is 19.1 Å². The second kappa shape index (κ2) is 7.97. The summed E-state index contributed by atoms with van der Waals surface area (Å²) in [6.45, 7) is 1.84. The number of anilines is 1. The molecule has 0 spiro atoms. The number of H-pyrrole nitrogens is 1. The molecule has 5 rings (SSSR count). The number of halogens is 2. The molecule has 6 nitrogen and oxygen atoms in total. The van der Waals surface area contributed by atoms with Crippen LogP contribution in [0.5, 0.6) is 0 Å². The van der Waals surface area contributed by atoms with Gasteiger partial charge in [-0.3, -0.25) is 14.5 Å². The molecular formula is C25H17BrFN3O3.